The van der Waals surface area contributed by atoms with Gasteiger partial charge in [0.15, 0.2) is 0 Å². The summed E-state index contributed by atoms with van der Waals surface area (Å²) < 4.78 is 0. The van der Waals surface area contributed by atoms with E-state index in [1.807, 2.05) is 0 Å². The Morgan fingerprint density at radius 3 is 2.28 bits per heavy atom. The molecule has 1 aromatic rings. The number of rotatable bonds is 5. The molecule has 1 aliphatic heterocycles. The van der Waals surface area contributed by atoms with Crippen LogP contribution >= 0.6 is 0 Å². The molecule has 0 bridgehead atoms. The van der Waals surface area contributed by atoms with Crippen LogP contribution in [0.5, 0.6) is 0 Å². The predicted molar refractivity (Wildman–Crippen MR) is 75.8 cm³/mol. The summed E-state index contributed by atoms with van der Waals surface area (Å²) in [6.45, 7) is 3.77. The molecule has 1 aromatic carbocycles. The van der Waals surface area contributed by atoms with Gasteiger partial charge in [0.05, 0.1) is 0 Å². The summed E-state index contributed by atoms with van der Waals surface area (Å²) in [5.74, 6) is 0. The Labute approximate surface area is 110 Å². The van der Waals surface area contributed by atoms with Gasteiger partial charge in [0, 0.05) is 18.6 Å². The van der Waals surface area contributed by atoms with Crippen LogP contribution in [0, 0.1) is 0 Å². The monoisotopic (exact) mass is 244 g/mol. The highest BCUT2D eigenvalue weighted by atomic mass is 15.1. The zero-order valence-corrected chi connectivity index (χ0v) is 11.1. The van der Waals surface area contributed by atoms with Crippen molar-refractivity contribution in [1.82, 2.24) is 10.2 Å². The van der Waals surface area contributed by atoms with Crippen molar-refractivity contribution in [3.8, 4) is 0 Å². The molecule has 0 amide bonds. The largest absolute Gasteiger partial charge is 0.311 e. The van der Waals surface area contributed by atoms with Gasteiger partial charge in [-0.15, -0.1) is 0 Å². The molecule has 1 heterocycles. The van der Waals surface area contributed by atoms with Gasteiger partial charge in [-0.3, -0.25) is 0 Å². The minimum Gasteiger partial charge on any atom is -0.311 e. The van der Waals surface area contributed by atoms with E-state index in [1.165, 1.54) is 57.3 Å². The number of likely N-dealkylation sites (tertiary alicyclic amines) is 1. The minimum absolute atomic E-state index is 0.797. The number of hydrogen-bond acceptors (Lipinski definition) is 2. The third-order valence-electron chi connectivity index (χ3n) is 4.20. The number of piperidine rings is 1. The molecular weight excluding hydrogens is 220 g/mol. The Bertz CT molecular complexity index is 351. The lowest BCUT2D eigenvalue weighted by molar-refractivity contribution is 0.199. The average Bonchev–Trinajstić information content (AvgIpc) is 3.23. The molecule has 0 unspecified atom stereocenters. The molecule has 18 heavy (non-hydrogen) atoms. The second-order valence-electron chi connectivity index (χ2n) is 5.79. The quantitative estimate of drug-likeness (QED) is 0.856. The van der Waals surface area contributed by atoms with E-state index in [2.05, 4.69) is 40.5 Å². The van der Waals surface area contributed by atoms with Crippen molar-refractivity contribution in [2.24, 2.45) is 0 Å². The first-order valence-corrected chi connectivity index (χ1v) is 7.42. The van der Waals surface area contributed by atoms with E-state index < -0.39 is 0 Å². The van der Waals surface area contributed by atoms with Crippen molar-refractivity contribution >= 4 is 0 Å². The lowest BCUT2D eigenvalue weighted by Gasteiger charge is -2.32. The Hall–Kier alpha value is -0.860. The van der Waals surface area contributed by atoms with Gasteiger partial charge in [-0.1, -0.05) is 30.3 Å². The zero-order valence-electron chi connectivity index (χ0n) is 11.1. The molecule has 1 aliphatic carbocycles. The van der Waals surface area contributed by atoms with E-state index in [9.17, 15) is 0 Å². The number of nitrogens with one attached hydrogen (secondary N) is 1. The van der Waals surface area contributed by atoms with Crippen LogP contribution < -0.4 is 5.32 Å². The second kappa shape index (κ2) is 5.85. The maximum atomic E-state index is 3.76. The molecule has 1 N–H and O–H groups in total. The molecule has 2 nitrogen and oxygen atoms in total. The SMILES string of the molecule is c1ccc(CCN2CCC(NC3CC3)CC2)cc1. The van der Waals surface area contributed by atoms with E-state index in [4.69, 9.17) is 0 Å². The first-order valence-electron chi connectivity index (χ1n) is 7.42. The normalized spacial score (nSPS) is 22.2. The van der Waals surface area contributed by atoms with E-state index in [0.717, 1.165) is 12.1 Å². The molecule has 0 spiro atoms. The lowest BCUT2D eigenvalue weighted by atomic mass is 10.0. The second-order valence-corrected chi connectivity index (χ2v) is 5.79. The lowest BCUT2D eigenvalue weighted by Crippen LogP contribution is -2.43. The van der Waals surface area contributed by atoms with Crippen molar-refractivity contribution in [3.63, 3.8) is 0 Å². The van der Waals surface area contributed by atoms with Gasteiger partial charge in [-0.25, -0.2) is 0 Å². The van der Waals surface area contributed by atoms with Gasteiger partial charge in [0.2, 0.25) is 0 Å². The smallest absolute Gasteiger partial charge is 0.00940 e. The maximum absolute atomic E-state index is 3.76. The van der Waals surface area contributed by atoms with Crippen LogP contribution in [0.15, 0.2) is 30.3 Å². The Morgan fingerprint density at radius 1 is 0.944 bits per heavy atom. The summed E-state index contributed by atoms with van der Waals surface area (Å²) in [6, 6.07) is 12.5. The third kappa shape index (κ3) is 3.56. The highest BCUT2D eigenvalue weighted by Crippen LogP contribution is 2.22. The zero-order chi connectivity index (χ0) is 12.2. The van der Waals surface area contributed by atoms with E-state index in [1.54, 1.807) is 0 Å². The average molecular weight is 244 g/mol. The van der Waals surface area contributed by atoms with Crippen LogP contribution in [-0.4, -0.2) is 36.6 Å². The fraction of sp³-hybridized carbons (Fsp3) is 0.625. The Morgan fingerprint density at radius 2 is 1.61 bits per heavy atom. The Balaban J connectivity index is 1.37. The first kappa shape index (κ1) is 12.2. The standard InChI is InChI=1S/C16H24N2/c1-2-4-14(5-3-1)8-11-18-12-9-16(10-13-18)17-15-6-7-15/h1-5,15-17H,6-13H2. The fourth-order valence-electron chi connectivity index (χ4n) is 2.84. The number of benzene rings is 1. The molecule has 0 aromatic heterocycles. The van der Waals surface area contributed by atoms with Crippen molar-refractivity contribution in [1.29, 1.82) is 0 Å². The summed E-state index contributed by atoms with van der Waals surface area (Å²) >= 11 is 0. The van der Waals surface area contributed by atoms with Crippen LogP contribution in [0.25, 0.3) is 0 Å². The topological polar surface area (TPSA) is 15.3 Å². The molecule has 2 aliphatic rings. The van der Waals surface area contributed by atoms with Gasteiger partial charge in [-0.05, 0) is 50.8 Å². The highest BCUT2D eigenvalue weighted by Gasteiger charge is 2.26. The fourth-order valence-corrected chi connectivity index (χ4v) is 2.84. The minimum atomic E-state index is 0.797. The molecule has 3 rings (SSSR count). The number of hydrogen-bond donors (Lipinski definition) is 1. The number of nitrogens with zero attached hydrogens (tertiary/aromatic N) is 1. The van der Waals surface area contributed by atoms with E-state index in [0.29, 0.717) is 0 Å². The van der Waals surface area contributed by atoms with Crippen molar-refractivity contribution in [2.75, 3.05) is 19.6 Å². The molecule has 1 saturated carbocycles. The van der Waals surface area contributed by atoms with Crippen LogP contribution in [0.3, 0.4) is 0 Å². The van der Waals surface area contributed by atoms with Gasteiger partial charge >= 0.3 is 0 Å². The van der Waals surface area contributed by atoms with Crippen LogP contribution in [-0.2, 0) is 6.42 Å². The summed E-state index contributed by atoms with van der Waals surface area (Å²) in [7, 11) is 0. The molecule has 2 fully saturated rings. The molecular formula is C16H24N2. The van der Waals surface area contributed by atoms with Crippen molar-refractivity contribution in [3.05, 3.63) is 35.9 Å². The van der Waals surface area contributed by atoms with Crippen LogP contribution in [0.2, 0.25) is 0 Å². The van der Waals surface area contributed by atoms with Crippen molar-refractivity contribution < 1.29 is 0 Å². The molecule has 0 atom stereocenters. The van der Waals surface area contributed by atoms with Gasteiger partial charge in [0.25, 0.3) is 0 Å². The van der Waals surface area contributed by atoms with E-state index >= 15 is 0 Å². The highest BCUT2D eigenvalue weighted by molar-refractivity contribution is 5.14. The van der Waals surface area contributed by atoms with Gasteiger partial charge in [-0.2, -0.15) is 0 Å². The summed E-state index contributed by atoms with van der Waals surface area (Å²) in [4.78, 5) is 2.62. The molecule has 0 radical (unpaired) electrons. The predicted octanol–water partition coefficient (Wildman–Crippen LogP) is 2.45. The maximum Gasteiger partial charge on any atom is 0.00940 e. The van der Waals surface area contributed by atoms with E-state index in [-0.39, 0.29) is 0 Å². The van der Waals surface area contributed by atoms with Gasteiger partial charge in [0.1, 0.15) is 0 Å². The molecule has 2 heteroatoms. The van der Waals surface area contributed by atoms with Crippen molar-refractivity contribution in [2.45, 2.75) is 44.2 Å². The third-order valence-corrected chi connectivity index (χ3v) is 4.20. The van der Waals surface area contributed by atoms with Gasteiger partial charge < -0.3 is 10.2 Å². The first-order chi connectivity index (χ1) is 8.90. The summed E-state index contributed by atoms with van der Waals surface area (Å²) in [5.41, 5.74) is 1.47. The molecule has 98 valence electrons. The van der Waals surface area contributed by atoms with Crippen LogP contribution in [0.4, 0.5) is 0 Å². The summed E-state index contributed by atoms with van der Waals surface area (Å²) in [6.07, 6.45) is 6.70. The molecule has 1 saturated heterocycles. The van der Waals surface area contributed by atoms with Crippen LogP contribution in [0.1, 0.15) is 31.2 Å². The summed E-state index contributed by atoms with van der Waals surface area (Å²) in [5, 5.41) is 3.76. The Kier molecular flexibility index (Phi) is 3.96.